The van der Waals surface area contributed by atoms with Crippen molar-refractivity contribution in [1.82, 2.24) is 16.0 Å². The van der Waals surface area contributed by atoms with Crippen LogP contribution in [0.3, 0.4) is 0 Å². The van der Waals surface area contributed by atoms with E-state index < -0.39 is 30.0 Å². The molecule has 0 unspecified atom stereocenters. The van der Waals surface area contributed by atoms with Crippen molar-refractivity contribution < 1.29 is 23.9 Å². The summed E-state index contributed by atoms with van der Waals surface area (Å²) in [6, 6.07) is 16.7. The fourth-order valence-electron chi connectivity index (χ4n) is 3.63. The van der Waals surface area contributed by atoms with Crippen LogP contribution in [0.15, 0.2) is 73.1 Å². The minimum absolute atomic E-state index is 0.0682. The highest BCUT2D eigenvalue weighted by Gasteiger charge is 2.26. The van der Waals surface area contributed by atoms with Gasteiger partial charge in [0.15, 0.2) is 5.88 Å². The number of benzene rings is 2. The zero-order chi connectivity index (χ0) is 28.0. The van der Waals surface area contributed by atoms with E-state index in [4.69, 9.17) is 15.2 Å². The molecule has 0 aromatic heterocycles. The predicted octanol–water partition coefficient (Wildman–Crippen LogP) is 3.54. The van der Waals surface area contributed by atoms with E-state index in [9.17, 15) is 14.4 Å². The molecule has 206 valence electrons. The van der Waals surface area contributed by atoms with Crippen LogP contribution in [0.5, 0.6) is 0 Å². The summed E-state index contributed by atoms with van der Waals surface area (Å²) in [5, 5.41) is 8.44. The summed E-state index contributed by atoms with van der Waals surface area (Å²) < 4.78 is 10.9. The molecule has 2 aromatic rings. The first kappa shape index (κ1) is 30.2. The summed E-state index contributed by atoms with van der Waals surface area (Å²) in [5.74, 6) is -0.691. The molecule has 2 rings (SSSR count). The zero-order valence-electron chi connectivity index (χ0n) is 22.5. The second kappa shape index (κ2) is 15.3. The standard InChI is InChI=1S/C29H40N4O5/c1-21(38-29(2,3)4)31-18-12-11-17-24(33-28(36)37-20-23-15-9-6-10-16-23)27(35)32-25(26(30)34)19-22-13-7-5-8-14-22/h5-10,13-16,24-25,31H,1,11-12,17-20H2,2-4H3,(H2,30,34)(H,32,35)(H,33,36)/t24-,25-/m0/s1. The quantitative estimate of drug-likeness (QED) is 0.208. The molecule has 9 heteroatoms. The Morgan fingerprint density at radius 3 is 2.08 bits per heavy atom. The average Bonchev–Trinajstić information content (AvgIpc) is 2.86. The van der Waals surface area contributed by atoms with Gasteiger partial charge < -0.3 is 31.2 Å². The Balaban J connectivity index is 1.96. The fourth-order valence-corrected chi connectivity index (χ4v) is 3.63. The van der Waals surface area contributed by atoms with Crippen molar-refractivity contribution in [2.24, 2.45) is 5.73 Å². The van der Waals surface area contributed by atoms with Crippen molar-refractivity contribution in [3.05, 3.63) is 84.3 Å². The maximum Gasteiger partial charge on any atom is 0.408 e. The summed E-state index contributed by atoms with van der Waals surface area (Å²) in [6.07, 6.45) is 1.15. The lowest BCUT2D eigenvalue weighted by atomic mass is 10.0. The number of hydrogen-bond donors (Lipinski definition) is 4. The summed E-state index contributed by atoms with van der Waals surface area (Å²) in [4.78, 5) is 37.7. The first-order valence-electron chi connectivity index (χ1n) is 12.8. The van der Waals surface area contributed by atoms with Gasteiger partial charge in [0.2, 0.25) is 11.8 Å². The van der Waals surface area contributed by atoms with Gasteiger partial charge >= 0.3 is 6.09 Å². The van der Waals surface area contributed by atoms with Crippen LogP contribution in [-0.2, 0) is 32.1 Å². The number of carbonyl (C=O) groups is 3. The van der Waals surface area contributed by atoms with E-state index in [1.165, 1.54) is 0 Å². The number of amides is 3. The summed E-state index contributed by atoms with van der Waals surface area (Å²) in [7, 11) is 0. The minimum atomic E-state index is -0.922. The highest BCUT2D eigenvalue weighted by molar-refractivity contribution is 5.90. The van der Waals surface area contributed by atoms with Gasteiger partial charge in [-0.1, -0.05) is 60.7 Å². The molecule has 0 aliphatic rings. The van der Waals surface area contributed by atoms with Crippen molar-refractivity contribution in [3.63, 3.8) is 0 Å². The number of carbonyl (C=O) groups excluding carboxylic acids is 3. The Morgan fingerprint density at radius 1 is 0.895 bits per heavy atom. The van der Waals surface area contributed by atoms with Crippen LogP contribution in [0, 0.1) is 0 Å². The predicted molar refractivity (Wildman–Crippen MR) is 147 cm³/mol. The van der Waals surface area contributed by atoms with Gasteiger partial charge in [-0.3, -0.25) is 9.59 Å². The molecular formula is C29H40N4O5. The molecule has 0 spiro atoms. The van der Waals surface area contributed by atoms with Gasteiger partial charge in [-0.2, -0.15) is 0 Å². The Morgan fingerprint density at radius 2 is 1.50 bits per heavy atom. The number of primary amides is 1. The molecule has 0 aliphatic heterocycles. The minimum Gasteiger partial charge on any atom is -0.474 e. The van der Waals surface area contributed by atoms with Gasteiger partial charge in [0, 0.05) is 13.0 Å². The number of unbranched alkanes of at least 4 members (excludes halogenated alkanes) is 1. The Bertz CT molecular complexity index is 1040. The molecule has 0 saturated heterocycles. The van der Waals surface area contributed by atoms with E-state index in [-0.39, 0.29) is 18.6 Å². The van der Waals surface area contributed by atoms with Crippen molar-refractivity contribution in [3.8, 4) is 0 Å². The van der Waals surface area contributed by atoms with Gasteiger partial charge in [-0.05, 0) is 57.7 Å². The Hall–Kier alpha value is -4.01. The van der Waals surface area contributed by atoms with Crippen molar-refractivity contribution >= 4 is 17.9 Å². The second-order valence-corrected chi connectivity index (χ2v) is 9.97. The van der Waals surface area contributed by atoms with E-state index in [2.05, 4.69) is 22.5 Å². The van der Waals surface area contributed by atoms with Gasteiger partial charge in [-0.25, -0.2) is 4.79 Å². The average molecular weight is 525 g/mol. The van der Waals surface area contributed by atoms with Crippen molar-refractivity contribution in [2.45, 2.75) is 70.7 Å². The van der Waals surface area contributed by atoms with Crippen LogP contribution in [0.4, 0.5) is 4.79 Å². The van der Waals surface area contributed by atoms with Crippen LogP contribution in [0.25, 0.3) is 0 Å². The van der Waals surface area contributed by atoms with Crippen LogP contribution in [0.1, 0.15) is 51.2 Å². The topological polar surface area (TPSA) is 132 Å². The third-order valence-corrected chi connectivity index (χ3v) is 5.44. The number of nitrogens with one attached hydrogen (secondary N) is 3. The van der Waals surface area contributed by atoms with Gasteiger partial charge in [-0.15, -0.1) is 0 Å². The first-order valence-corrected chi connectivity index (χ1v) is 12.8. The number of alkyl carbamates (subject to hydrolysis) is 1. The largest absolute Gasteiger partial charge is 0.474 e. The van der Waals surface area contributed by atoms with E-state index in [1.807, 2.05) is 81.4 Å². The first-order chi connectivity index (χ1) is 18.0. The maximum atomic E-state index is 13.1. The van der Waals surface area contributed by atoms with Crippen LogP contribution in [-0.4, -0.2) is 42.1 Å². The lowest BCUT2D eigenvalue weighted by Crippen LogP contribution is -2.53. The molecule has 9 nitrogen and oxygen atoms in total. The molecule has 5 N–H and O–H groups in total. The van der Waals surface area contributed by atoms with E-state index in [1.54, 1.807) is 0 Å². The lowest BCUT2D eigenvalue weighted by molar-refractivity contribution is -0.128. The SMILES string of the molecule is C=C(NCCCC[C@H](NC(=O)OCc1ccccc1)C(=O)N[C@@H](Cc1ccccc1)C(N)=O)OC(C)(C)C. The van der Waals surface area contributed by atoms with E-state index in [0.29, 0.717) is 31.7 Å². The van der Waals surface area contributed by atoms with Gasteiger partial charge in [0.25, 0.3) is 0 Å². The number of ether oxygens (including phenoxy) is 2. The molecule has 0 bridgehead atoms. The van der Waals surface area contributed by atoms with E-state index >= 15 is 0 Å². The second-order valence-electron chi connectivity index (χ2n) is 9.97. The Kier molecular flexibility index (Phi) is 12.2. The fraction of sp³-hybridized carbons (Fsp3) is 0.414. The molecule has 0 aliphatic carbocycles. The molecule has 0 fully saturated rings. The molecule has 0 saturated carbocycles. The summed E-state index contributed by atoms with van der Waals surface area (Å²) in [5.41, 5.74) is 6.89. The van der Waals surface area contributed by atoms with E-state index in [0.717, 1.165) is 11.1 Å². The van der Waals surface area contributed by atoms with Crippen molar-refractivity contribution in [1.29, 1.82) is 0 Å². The summed E-state index contributed by atoms with van der Waals surface area (Å²) in [6.45, 7) is 10.3. The van der Waals surface area contributed by atoms with Crippen LogP contribution < -0.4 is 21.7 Å². The maximum absolute atomic E-state index is 13.1. The van der Waals surface area contributed by atoms with Crippen LogP contribution >= 0.6 is 0 Å². The molecular weight excluding hydrogens is 484 g/mol. The number of hydrogen-bond acceptors (Lipinski definition) is 6. The third kappa shape index (κ3) is 12.3. The van der Waals surface area contributed by atoms with Gasteiger partial charge in [0.05, 0.1) is 0 Å². The lowest BCUT2D eigenvalue weighted by Gasteiger charge is -2.23. The molecule has 0 heterocycles. The van der Waals surface area contributed by atoms with Crippen LogP contribution in [0.2, 0.25) is 0 Å². The molecule has 2 aromatic carbocycles. The number of nitrogens with two attached hydrogens (primary N) is 1. The monoisotopic (exact) mass is 524 g/mol. The highest BCUT2D eigenvalue weighted by Crippen LogP contribution is 2.11. The Labute approximate surface area is 225 Å². The van der Waals surface area contributed by atoms with Crippen molar-refractivity contribution in [2.75, 3.05) is 6.54 Å². The molecule has 38 heavy (non-hydrogen) atoms. The number of rotatable bonds is 15. The van der Waals surface area contributed by atoms with Gasteiger partial charge in [0.1, 0.15) is 24.3 Å². The normalized spacial score (nSPS) is 12.5. The zero-order valence-corrected chi connectivity index (χ0v) is 22.5. The molecule has 2 atom stereocenters. The third-order valence-electron chi connectivity index (χ3n) is 5.44. The molecule has 3 amide bonds. The molecule has 0 radical (unpaired) electrons. The smallest absolute Gasteiger partial charge is 0.408 e. The summed E-state index contributed by atoms with van der Waals surface area (Å²) >= 11 is 0. The highest BCUT2D eigenvalue weighted by atomic mass is 16.5.